The van der Waals surface area contributed by atoms with Gasteiger partial charge in [0.15, 0.2) is 11.5 Å². The van der Waals surface area contributed by atoms with E-state index in [9.17, 15) is 4.79 Å². The quantitative estimate of drug-likeness (QED) is 0.591. The molecule has 4 nitrogen and oxygen atoms in total. The van der Waals surface area contributed by atoms with Gasteiger partial charge in [-0.1, -0.05) is 0 Å². The van der Waals surface area contributed by atoms with Crippen molar-refractivity contribution in [2.24, 2.45) is 0 Å². The second kappa shape index (κ2) is 2.82. The summed E-state index contributed by atoms with van der Waals surface area (Å²) in [6.07, 6.45) is 0. The Kier molecular flexibility index (Phi) is 2.03. The van der Waals surface area contributed by atoms with Crippen molar-refractivity contribution in [3.63, 3.8) is 0 Å². The Labute approximate surface area is 65.2 Å². The van der Waals surface area contributed by atoms with Crippen LogP contribution >= 0.6 is 0 Å². The lowest BCUT2D eigenvalue weighted by molar-refractivity contribution is 0.101. The van der Waals surface area contributed by atoms with Crippen LogP contribution in [0, 0.1) is 6.92 Å². The summed E-state index contributed by atoms with van der Waals surface area (Å²) in [4.78, 5) is 12.4. The van der Waals surface area contributed by atoms with Crippen molar-refractivity contribution >= 4 is 5.78 Å². The molecule has 0 unspecified atom stereocenters. The van der Waals surface area contributed by atoms with Gasteiger partial charge in [-0.15, -0.1) is 5.10 Å². The molecular weight excluding hydrogens is 142 g/mol. The predicted molar refractivity (Wildman–Crippen MR) is 40.4 cm³/mol. The van der Waals surface area contributed by atoms with Crippen molar-refractivity contribution < 1.29 is 4.79 Å². The molecule has 0 aliphatic heterocycles. The predicted octanol–water partition coefficient (Wildman–Crippen LogP) is 0.809. The largest absolute Gasteiger partial charge is 0.293 e. The Morgan fingerprint density at radius 2 is 2.18 bits per heavy atom. The van der Waals surface area contributed by atoms with Gasteiger partial charge in [-0.05, 0) is 13.8 Å². The van der Waals surface area contributed by atoms with E-state index in [1.54, 1.807) is 6.92 Å². The zero-order valence-corrected chi connectivity index (χ0v) is 6.96. The second-order valence-electron chi connectivity index (χ2n) is 2.38. The number of nitrogens with zero attached hydrogens (tertiary/aromatic N) is 3. The minimum atomic E-state index is -0.0257. The van der Waals surface area contributed by atoms with E-state index in [2.05, 4.69) is 10.2 Å². The SMILES string of the molecule is CCn1nc(C)c(C(C)=O)n1. The molecule has 11 heavy (non-hydrogen) atoms. The van der Waals surface area contributed by atoms with Gasteiger partial charge in [0.2, 0.25) is 0 Å². The second-order valence-corrected chi connectivity index (χ2v) is 2.38. The molecule has 0 aromatic carbocycles. The van der Waals surface area contributed by atoms with Crippen LogP contribution in [0.5, 0.6) is 0 Å². The van der Waals surface area contributed by atoms with Gasteiger partial charge in [-0.3, -0.25) is 4.79 Å². The third-order valence-electron chi connectivity index (χ3n) is 1.44. The summed E-state index contributed by atoms with van der Waals surface area (Å²) >= 11 is 0. The van der Waals surface area contributed by atoms with Crippen LogP contribution in [0.15, 0.2) is 0 Å². The molecule has 0 saturated heterocycles. The number of aryl methyl sites for hydroxylation is 2. The molecule has 0 amide bonds. The summed E-state index contributed by atoms with van der Waals surface area (Å²) in [6, 6.07) is 0. The lowest BCUT2D eigenvalue weighted by Crippen LogP contribution is -2.00. The summed E-state index contributed by atoms with van der Waals surface area (Å²) in [5.74, 6) is -0.0257. The summed E-state index contributed by atoms with van der Waals surface area (Å²) in [6.45, 7) is 5.92. The van der Waals surface area contributed by atoms with Crippen molar-refractivity contribution in [2.45, 2.75) is 27.3 Å². The highest BCUT2D eigenvalue weighted by atomic mass is 16.1. The van der Waals surface area contributed by atoms with Crippen molar-refractivity contribution in [1.82, 2.24) is 15.0 Å². The first-order valence-electron chi connectivity index (χ1n) is 3.57. The molecule has 1 aromatic heterocycles. The number of Topliss-reactive ketones (excluding diaryl/α,β-unsaturated/α-hetero) is 1. The van der Waals surface area contributed by atoms with Gasteiger partial charge >= 0.3 is 0 Å². The van der Waals surface area contributed by atoms with E-state index in [0.29, 0.717) is 17.9 Å². The van der Waals surface area contributed by atoms with Crippen LogP contribution in [-0.4, -0.2) is 20.8 Å². The van der Waals surface area contributed by atoms with E-state index < -0.39 is 0 Å². The van der Waals surface area contributed by atoms with E-state index in [0.717, 1.165) is 0 Å². The molecule has 1 heterocycles. The molecule has 0 aliphatic carbocycles. The van der Waals surface area contributed by atoms with Crippen LogP contribution in [0.4, 0.5) is 0 Å². The summed E-state index contributed by atoms with van der Waals surface area (Å²) in [5, 5.41) is 8.02. The van der Waals surface area contributed by atoms with Crippen LogP contribution in [0.25, 0.3) is 0 Å². The van der Waals surface area contributed by atoms with Gasteiger partial charge in [-0.25, -0.2) is 0 Å². The lowest BCUT2D eigenvalue weighted by Gasteiger charge is -1.87. The number of aromatic nitrogens is 3. The molecular formula is C7H11N3O. The average Bonchev–Trinajstić information content (AvgIpc) is 2.30. The topological polar surface area (TPSA) is 47.8 Å². The number of rotatable bonds is 2. The number of carbonyl (C=O) groups is 1. The van der Waals surface area contributed by atoms with Crippen LogP contribution in [-0.2, 0) is 6.54 Å². The van der Waals surface area contributed by atoms with Crippen LogP contribution in [0.3, 0.4) is 0 Å². The molecule has 60 valence electrons. The van der Waals surface area contributed by atoms with E-state index in [4.69, 9.17) is 0 Å². The standard InChI is InChI=1S/C7H11N3O/c1-4-10-8-5(2)7(9-10)6(3)11/h4H2,1-3H3. The van der Waals surface area contributed by atoms with E-state index in [1.807, 2.05) is 6.92 Å². The Morgan fingerprint density at radius 1 is 1.55 bits per heavy atom. The highest BCUT2D eigenvalue weighted by molar-refractivity contribution is 5.92. The number of ketones is 1. The van der Waals surface area contributed by atoms with Gasteiger partial charge < -0.3 is 0 Å². The molecule has 0 fully saturated rings. The highest BCUT2D eigenvalue weighted by Crippen LogP contribution is 2.00. The number of carbonyl (C=O) groups excluding carboxylic acids is 1. The summed E-state index contributed by atoms with van der Waals surface area (Å²) < 4.78 is 0. The molecule has 0 atom stereocenters. The third kappa shape index (κ3) is 1.45. The highest BCUT2D eigenvalue weighted by Gasteiger charge is 2.09. The molecule has 0 N–H and O–H groups in total. The fourth-order valence-electron chi connectivity index (χ4n) is 0.897. The van der Waals surface area contributed by atoms with Gasteiger partial charge in [0.1, 0.15) is 0 Å². The first-order valence-corrected chi connectivity index (χ1v) is 3.57. The molecule has 0 radical (unpaired) electrons. The zero-order chi connectivity index (χ0) is 8.43. The Hall–Kier alpha value is -1.19. The Balaban J connectivity index is 3.07. The molecule has 0 spiro atoms. The van der Waals surface area contributed by atoms with Gasteiger partial charge in [0.05, 0.1) is 12.2 Å². The van der Waals surface area contributed by atoms with Crippen LogP contribution in [0.1, 0.15) is 30.0 Å². The maximum atomic E-state index is 10.9. The first kappa shape index (κ1) is 7.91. The van der Waals surface area contributed by atoms with Crippen molar-refractivity contribution in [1.29, 1.82) is 0 Å². The molecule has 0 aliphatic rings. The number of hydrogen-bond donors (Lipinski definition) is 0. The monoisotopic (exact) mass is 153 g/mol. The van der Waals surface area contributed by atoms with Crippen LogP contribution in [0.2, 0.25) is 0 Å². The maximum absolute atomic E-state index is 10.9. The maximum Gasteiger partial charge on any atom is 0.181 e. The molecule has 0 saturated carbocycles. The fourth-order valence-corrected chi connectivity index (χ4v) is 0.897. The summed E-state index contributed by atoms with van der Waals surface area (Å²) in [7, 11) is 0. The van der Waals surface area contributed by atoms with Gasteiger partial charge in [0, 0.05) is 6.92 Å². The van der Waals surface area contributed by atoms with E-state index in [1.165, 1.54) is 11.7 Å². The third-order valence-corrected chi connectivity index (χ3v) is 1.44. The van der Waals surface area contributed by atoms with E-state index in [-0.39, 0.29) is 5.78 Å². The Bertz CT molecular complexity index is 277. The van der Waals surface area contributed by atoms with Crippen molar-refractivity contribution in [2.75, 3.05) is 0 Å². The molecule has 1 aromatic rings. The minimum Gasteiger partial charge on any atom is -0.293 e. The average molecular weight is 153 g/mol. The molecule has 1 rings (SSSR count). The van der Waals surface area contributed by atoms with E-state index >= 15 is 0 Å². The zero-order valence-electron chi connectivity index (χ0n) is 6.96. The minimum absolute atomic E-state index is 0.0257. The smallest absolute Gasteiger partial charge is 0.181 e. The summed E-state index contributed by atoms with van der Waals surface area (Å²) in [5.41, 5.74) is 1.19. The Morgan fingerprint density at radius 3 is 2.45 bits per heavy atom. The van der Waals surface area contributed by atoms with Gasteiger partial charge in [-0.2, -0.15) is 9.90 Å². The first-order chi connectivity index (χ1) is 5.15. The normalized spacial score (nSPS) is 10.1. The lowest BCUT2D eigenvalue weighted by atomic mass is 10.3. The fraction of sp³-hybridized carbons (Fsp3) is 0.571. The molecule has 0 bridgehead atoms. The van der Waals surface area contributed by atoms with Gasteiger partial charge in [0.25, 0.3) is 0 Å². The van der Waals surface area contributed by atoms with Crippen molar-refractivity contribution in [3.05, 3.63) is 11.4 Å². The van der Waals surface area contributed by atoms with Crippen LogP contribution < -0.4 is 0 Å². The number of hydrogen-bond acceptors (Lipinski definition) is 3. The van der Waals surface area contributed by atoms with Crippen molar-refractivity contribution in [3.8, 4) is 0 Å². The molecule has 4 heteroatoms.